The summed E-state index contributed by atoms with van der Waals surface area (Å²) in [5.41, 5.74) is 0. The SMILES string of the molecule is O=C(O)CCCC1CCCCC1.O=C(O)CCCC1CCCCC1.[Sr]. The molecule has 0 spiro atoms. The van der Waals surface area contributed by atoms with Gasteiger partial charge in [-0.25, -0.2) is 0 Å². The molecule has 0 aliphatic heterocycles. The van der Waals surface area contributed by atoms with Crippen LogP contribution in [0.25, 0.3) is 0 Å². The quantitative estimate of drug-likeness (QED) is 0.518. The first-order valence-corrected chi connectivity index (χ1v) is 10.0. The molecule has 25 heavy (non-hydrogen) atoms. The van der Waals surface area contributed by atoms with Crippen LogP contribution in [0.3, 0.4) is 0 Å². The molecule has 142 valence electrons. The minimum Gasteiger partial charge on any atom is -0.481 e. The molecule has 4 nitrogen and oxygen atoms in total. The topological polar surface area (TPSA) is 74.6 Å². The van der Waals surface area contributed by atoms with Gasteiger partial charge in [0.25, 0.3) is 0 Å². The van der Waals surface area contributed by atoms with E-state index in [1.54, 1.807) is 0 Å². The van der Waals surface area contributed by atoms with Gasteiger partial charge in [-0.05, 0) is 37.5 Å². The summed E-state index contributed by atoms with van der Waals surface area (Å²) >= 11 is 0. The van der Waals surface area contributed by atoms with Gasteiger partial charge in [-0.2, -0.15) is 0 Å². The Bertz CT molecular complexity index is 314. The van der Waals surface area contributed by atoms with Crippen molar-refractivity contribution >= 4 is 57.4 Å². The van der Waals surface area contributed by atoms with Crippen LogP contribution in [0.15, 0.2) is 0 Å². The second-order valence-electron chi connectivity index (χ2n) is 7.58. The normalized spacial score (nSPS) is 18.6. The molecule has 2 radical (unpaired) electrons. The van der Waals surface area contributed by atoms with Crippen LogP contribution < -0.4 is 0 Å². The number of hydrogen-bond acceptors (Lipinski definition) is 2. The minimum atomic E-state index is -0.647. The molecule has 0 unspecified atom stereocenters. The number of hydrogen-bond donors (Lipinski definition) is 2. The first-order valence-electron chi connectivity index (χ1n) is 10.0. The van der Waals surface area contributed by atoms with E-state index in [-0.39, 0.29) is 45.5 Å². The van der Waals surface area contributed by atoms with Crippen LogP contribution in [-0.2, 0) is 9.59 Å². The van der Waals surface area contributed by atoms with Gasteiger partial charge in [-0.3, -0.25) is 9.59 Å². The van der Waals surface area contributed by atoms with Crippen LogP contribution in [0.2, 0.25) is 0 Å². The van der Waals surface area contributed by atoms with Gasteiger partial charge in [0.15, 0.2) is 0 Å². The third kappa shape index (κ3) is 15.2. The third-order valence-electron chi connectivity index (χ3n) is 5.46. The summed E-state index contributed by atoms with van der Waals surface area (Å²) < 4.78 is 0. The Morgan fingerprint density at radius 2 is 0.960 bits per heavy atom. The zero-order valence-corrected chi connectivity index (χ0v) is 19.4. The van der Waals surface area contributed by atoms with Crippen molar-refractivity contribution in [1.29, 1.82) is 0 Å². The summed E-state index contributed by atoms with van der Waals surface area (Å²) in [6, 6.07) is 0. The summed E-state index contributed by atoms with van der Waals surface area (Å²) in [5.74, 6) is 0.368. The number of carbonyl (C=O) groups is 2. The minimum absolute atomic E-state index is 0. The molecule has 2 saturated carbocycles. The van der Waals surface area contributed by atoms with Gasteiger partial charge in [0.05, 0.1) is 0 Å². The summed E-state index contributed by atoms with van der Waals surface area (Å²) in [4.78, 5) is 20.5. The van der Waals surface area contributed by atoms with Crippen molar-refractivity contribution in [2.75, 3.05) is 0 Å². The van der Waals surface area contributed by atoms with Gasteiger partial charge >= 0.3 is 11.9 Å². The molecule has 2 fully saturated rings. The maximum atomic E-state index is 10.2. The molecular weight excluding hydrogens is 392 g/mol. The maximum Gasteiger partial charge on any atom is 0.303 e. The molecule has 0 aromatic carbocycles. The summed E-state index contributed by atoms with van der Waals surface area (Å²) in [7, 11) is 0. The zero-order valence-electron chi connectivity index (χ0n) is 15.9. The molecular formula is C20H36O4Sr. The van der Waals surface area contributed by atoms with Crippen molar-refractivity contribution in [2.24, 2.45) is 11.8 Å². The van der Waals surface area contributed by atoms with Crippen molar-refractivity contribution in [3.8, 4) is 0 Å². The largest absolute Gasteiger partial charge is 0.481 e. The van der Waals surface area contributed by atoms with E-state index in [1.165, 1.54) is 64.2 Å². The Morgan fingerprint density at radius 1 is 0.640 bits per heavy atom. The predicted molar refractivity (Wildman–Crippen MR) is 102 cm³/mol. The molecule has 2 aliphatic rings. The Labute approximate surface area is 190 Å². The number of aliphatic carboxylic acids is 2. The fraction of sp³-hybridized carbons (Fsp3) is 0.900. The summed E-state index contributed by atoms with van der Waals surface area (Å²) in [6.07, 6.45) is 18.3. The molecule has 0 atom stereocenters. The Hall–Kier alpha value is 0.421. The predicted octanol–water partition coefficient (Wildman–Crippen LogP) is 5.26. The fourth-order valence-electron chi connectivity index (χ4n) is 4.04. The second kappa shape index (κ2) is 16.6. The first-order chi connectivity index (χ1) is 11.6. The number of carboxylic acids is 2. The smallest absolute Gasteiger partial charge is 0.303 e. The van der Waals surface area contributed by atoms with E-state index >= 15 is 0 Å². The standard InChI is InChI=1S/2C10H18O2.Sr/c2*11-10(12)8-4-7-9-5-2-1-3-6-9;/h2*9H,1-8H2,(H,11,12);. The monoisotopic (exact) mass is 428 g/mol. The van der Waals surface area contributed by atoms with Crippen molar-refractivity contribution < 1.29 is 19.8 Å². The summed E-state index contributed by atoms with van der Waals surface area (Å²) in [6.45, 7) is 0. The fourth-order valence-corrected chi connectivity index (χ4v) is 4.04. The van der Waals surface area contributed by atoms with Gasteiger partial charge in [0.1, 0.15) is 0 Å². The van der Waals surface area contributed by atoms with Gasteiger partial charge in [-0.1, -0.05) is 64.2 Å². The van der Waals surface area contributed by atoms with Crippen molar-refractivity contribution in [1.82, 2.24) is 0 Å². The van der Waals surface area contributed by atoms with E-state index < -0.39 is 11.9 Å². The molecule has 2 N–H and O–H groups in total. The third-order valence-corrected chi connectivity index (χ3v) is 5.46. The Kier molecular flexibility index (Phi) is 16.9. The van der Waals surface area contributed by atoms with Gasteiger partial charge in [-0.15, -0.1) is 0 Å². The van der Waals surface area contributed by atoms with E-state index in [4.69, 9.17) is 10.2 Å². The van der Waals surface area contributed by atoms with Crippen molar-refractivity contribution in [2.45, 2.75) is 103 Å². The van der Waals surface area contributed by atoms with E-state index in [0.29, 0.717) is 12.8 Å². The second-order valence-corrected chi connectivity index (χ2v) is 7.58. The molecule has 0 heterocycles. The van der Waals surface area contributed by atoms with Crippen molar-refractivity contribution in [3.05, 3.63) is 0 Å². The van der Waals surface area contributed by atoms with Gasteiger partial charge < -0.3 is 10.2 Å². The molecule has 2 rings (SSSR count). The van der Waals surface area contributed by atoms with Crippen LogP contribution in [0.1, 0.15) is 103 Å². The van der Waals surface area contributed by atoms with Crippen molar-refractivity contribution in [3.63, 3.8) is 0 Å². The first kappa shape index (κ1) is 25.4. The van der Waals surface area contributed by atoms with Crippen LogP contribution in [0, 0.1) is 11.8 Å². The molecule has 2 aliphatic carbocycles. The van der Waals surface area contributed by atoms with Crippen LogP contribution in [0.5, 0.6) is 0 Å². The van der Waals surface area contributed by atoms with Gasteiger partial charge in [0.2, 0.25) is 0 Å². The number of rotatable bonds is 8. The van der Waals surface area contributed by atoms with E-state index in [9.17, 15) is 9.59 Å². The van der Waals surface area contributed by atoms with Crippen LogP contribution in [-0.4, -0.2) is 67.6 Å². The van der Waals surface area contributed by atoms with Crippen LogP contribution >= 0.6 is 0 Å². The molecule has 0 bridgehead atoms. The van der Waals surface area contributed by atoms with Gasteiger partial charge in [0, 0.05) is 58.3 Å². The van der Waals surface area contributed by atoms with E-state index in [1.807, 2.05) is 0 Å². The van der Waals surface area contributed by atoms with E-state index in [2.05, 4.69) is 0 Å². The Morgan fingerprint density at radius 3 is 1.24 bits per heavy atom. The molecule has 0 aromatic rings. The average Bonchev–Trinajstić information content (AvgIpc) is 2.57. The molecule has 0 amide bonds. The summed E-state index contributed by atoms with van der Waals surface area (Å²) in [5, 5.41) is 16.9. The molecule has 5 heteroatoms. The van der Waals surface area contributed by atoms with E-state index in [0.717, 1.165) is 37.5 Å². The maximum absolute atomic E-state index is 10.2. The molecule has 0 saturated heterocycles. The van der Waals surface area contributed by atoms with Crippen LogP contribution in [0.4, 0.5) is 0 Å². The number of carboxylic acid groups (broad SMARTS) is 2. The zero-order chi connectivity index (χ0) is 17.6. The average molecular weight is 428 g/mol. The molecule has 0 aromatic heterocycles. The Balaban J connectivity index is 0.000000443.